The highest BCUT2D eigenvalue weighted by Gasteiger charge is 2.33. The first-order valence-corrected chi connectivity index (χ1v) is 10.2. The van der Waals surface area contributed by atoms with Crippen molar-refractivity contribution in [3.8, 4) is 0 Å². The van der Waals surface area contributed by atoms with Crippen LogP contribution in [0.5, 0.6) is 0 Å². The zero-order chi connectivity index (χ0) is 21.1. The lowest BCUT2D eigenvalue weighted by Crippen LogP contribution is -2.31. The van der Waals surface area contributed by atoms with Crippen LogP contribution in [0.3, 0.4) is 0 Å². The summed E-state index contributed by atoms with van der Waals surface area (Å²) >= 11 is 0. The number of carbonyl (C=O) groups is 1. The normalized spacial score (nSPS) is 15.4. The molecule has 0 spiro atoms. The van der Waals surface area contributed by atoms with Crippen molar-refractivity contribution in [1.82, 2.24) is 14.8 Å². The van der Waals surface area contributed by atoms with Gasteiger partial charge in [0.2, 0.25) is 5.95 Å². The summed E-state index contributed by atoms with van der Waals surface area (Å²) in [6.45, 7) is 8.07. The molecule has 2 heterocycles. The number of fused-ring (bicyclic) bond motifs is 1. The lowest BCUT2D eigenvalue weighted by atomic mass is 9.94. The van der Waals surface area contributed by atoms with Crippen LogP contribution < -0.4 is 15.5 Å². The minimum atomic E-state index is -0.363. The van der Waals surface area contributed by atoms with Crippen molar-refractivity contribution in [2.75, 3.05) is 28.6 Å². The third kappa shape index (κ3) is 3.66. The van der Waals surface area contributed by atoms with E-state index < -0.39 is 0 Å². The Kier molecular flexibility index (Phi) is 5.52. The fraction of sp³-hybridized carbons (Fsp3) is 0.261. The lowest BCUT2D eigenvalue weighted by molar-refractivity contribution is -0.113. The van der Waals surface area contributed by atoms with Crippen molar-refractivity contribution in [3.63, 3.8) is 0 Å². The second-order valence-corrected chi connectivity index (χ2v) is 7.18. The van der Waals surface area contributed by atoms with Gasteiger partial charge in [-0.25, -0.2) is 4.68 Å². The van der Waals surface area contributed by atoms with E-state index >= 15 is 0 Å². The molecule has 0 aliphatic carbocycles. The predicted octanol–water partition coefficient (Wildman–Crippen LogP) is 4.05. The molecule has 1 aliphatic rings. The average Bonchev–Trinajstić information content (AvgIpc) is 3.23. The van der Waals surface area contributed by atoms with E-state index in [0.29, 0.717) is 11.5 Å². The highest BCUT2D eigenvalue weighted by molar-refractivity contribution is 6.06. The average molecular weight is 403 g/mol. The molecule has 1 amide bonds. The van der Waals surface area contributed by atoms with Gasteiger partial charge in [-0.2, -0.15) is 10.1 Å². The number of para-hydroxylation sites is 1. The minimum Gasteiger partial charge on any atom is -0.372 e. The largest absolute Gasteiger partial charge is 0.372 e. The first-order valence-electron chi connectivity index (χ1n) is 10.2. The number of hydrogen-bond acceptors (Lipinski definition) is 5. The zero-order valence-electron chi connectivity index (χ0n) is 17.5. The van der Waals surface area contributed by atoms with Crippen LogP contribution in [0.4, 0.5) is 17.3 Å². The van der Waals surface area contributed by atoms with Gasteiger partial charge in [0.05, 0.1) is 5.57 Å². The van der Waals surface area contributed by atoms with Crippen LogP contribution in [0.1, 0.15) is 32.4 Å². The summed E-state index contributed by atoms with van der Waals surface area (Å²) in [5.74, 6) is 0.465. The second-order valence-electron chi connectivity index (χ2n) is 7.18. The Labute approximate surface area is 176 Å². The number of rotatable bonds is 6. The quantitative estimate of drug-likeness (QED) is 0.651. The van der Waals surface area contributed by atoms with Gasteiger partial charge in [0.1, 0.15) is 12.4 Å². The molecule has 2 N–H and O–H groups in total. The first kappa shape index (κ1) is 19.7. The van der Waals surface area contributed by atoms with Crippen molar-refractivity contribution >= 4 is 23.2 Å². The number of aromatic nitrogens is 3. The van der Waals surface area contributed by atoms with E-state index in [9.17, 15) is 4.79 Å². The number of hydrogen-bond donors (Lipinski definition) is 2. The van der Waals surface area contributed by atoms with Gasteiger partial charge in [-0.05, 0) is 50.6 Å². The fourth-order valence-corrected chi connectivity index (χ4v) is 3.87. The molecule has 4 rings (SSSR count). The SMILES string of the molecule is CCN(CC)c1ccc([C@H]2C(C(=O)Nc3ccccc3)=C(C)Nc3ncnn32)cc1. The second kappa shape index (κ2) is 8.41. The van der Waals surface area contributed by atoms with Crippen molar-refractivity contribution in [2.24, 2.45) is 0 Å². The van der Waals surface area contributed by atoms with Crippen LogP contribution in [0, 0.1) is 0 Å². The van der Waals surface area contributed by atoms with Crippen molar-refractivity contribution in [3.05, 3.63) is 77.8 Å². The number of allylic oxidation sites excluding steroid dienone is 1. The van der Waals surface area contributed by atoms with Crippen molar-refractivity contribution in [2.45, 2.75) is 26.8 Å². The molecule has 0 radical (unpaired) electrons. The van der Waals surface area contributed by atoms with Gasteiger partial charge in [0.15, 0.2) is 0 Å². The topological polar surface area (TPSA) is 75.1 Å². The molecule has 0 bridgehead atoms. The number of anilines is 3. The van der Waals surface area contributed by atoms with Crippen LogP contribution in [0.15, 0.2) is 72.2 Å². The van der Waals surface area contributed by atoms with Gasteiger partial charge in [0, 0.05) is 30.2 Å². The Hall–Kier alpha value is -3.61. The number of nitrogens with zero attached hydrogens (tertiary/aromatic N) is 4. The molecule has 154 valence electrons. The molecule has 7 nitrogen and oxygen atoms in total. The molecule has 0 saturated carbocycles. The smallest absolute Gasteiger partial charge is 0.255 e. The summed E-state index contributed by atoms with van der Waals surface area (Å²) < 4.78 is 1.76. The van der Waals surface area contributed by atoms with Gasteiger partial charge in [-0.1, -0.05) is 30.3 Å². The van der Waals surface area contributed by atoms with E-state index in [1.807, 2.05) is 37.3 Å². The Bertz CT molecular complexity index is 1050. The summed E-state index contributed by atoms with van der Waals surface area (Å²) in [6.07, 6.45) is 1.50. The molecule has 2 aromatic carbocycles. The van der Waals surface area contributed by atoms with Crippen LogP contribution in [0.2, 0.25) is 0 Å². The molecular weight excluding hydrogens is 376 g/mol. The molecule has 1 atom stereocenters. The number of benzene rings is 2. The van der Waals surface area contributed by atoms with Crippen molar-refractivity contribution in [1.29, 1.82) is 0 Å². The monoisotopic (exact) mass is 402 g/mol. The number of amides is 1. The zero-order valence-corrected chi connectivity index (χ0v) is 17.5. The lowest BCUT2D eigenvalue weighted by Gasteiger charge is -2.29. The maximum absolute atomic E-state index is 13.3. The van der Waals surface area contributed by atoms with Gasteiger partial charge >= 0.3 is 0 Å². The minimum absolute atomic E-state index is 0.162. The standard InChI is InChI=1S/C23H26N6O/c1-4-28(5-2)19-13-11-17(12-14-19)21-20(16(3)26-23-24-15-25-29(21)23)22(30)27-18-9-7-6-8-10-18/h6-15,21H,4-5H2,1-3H3,(H,27,30)(H,24,25,26)/t21-/m0/s1. The van der Waals surface area contributed by atoms with E-state index in [4.69, 9.17) is 0 Å². The Morgan fingerprint density at radius 1 is 1.10 bits per heavy atom. The summed E-state index contributed by atoms with van der Waals surface area (Å²) in [4.78, 5) is 19.9. The number of nitrogens with one attached hydrogen (secondary N) is 2. The summed E-state index contributed by atoms with van der Waals surface area (Å²) in [7, 11) is 0. The summed E-state index contributed by atoms with van der Waals surface area (Å²) in [6, 6.07) is 17.4. The van der Waals surface area contributed by atoms with E-state index in [-0.39, 0.29) is 11.9 Å². The van der Waals surface area contributed by atoms with Gasteiger partial charge in [0.25, 0.3) is 5.91 Å². The predicted molar refractivity (Wildman–Crippen MR) is 120 cm³/mol. The number of carbonyl (C=O) groups excluding carboxylic acids is 1. The molecule has 1 aromatic heterocycles. The molecular formula is C23H26N6O. The molecule has 1 aliphatic heterocycles. The molecule has 30 heavy (non-hydrogen) atoms. The highest BCUT2D eigenvalue weighted by atomic mass is 16.1. The fourth-order valence-electron chi connectivity index (χ4n) is 3.87. The maximum Gasteiger partial charge on any atom is 0.255 e. The Morgan fingerprint density at radius 2 is 1.80 bits per heavy atom. The van der Waals surface area contributed by atoms with Crippen LogP contribution >= 0.6 is 0 Å². The van der Waals surface area contributed by atoms with Crippen molar-refractivity contribution < 1.29 is 4.79 Å². The highest BCUT2D eigenvalue weighted by Crippen LogP contribution is 2.35. The van der Waals surface area contributed by atoms with Gasteiger partial charge < -0.3 is 15.5 Å². The Morgan fingerprint density at radius 3 is 2.47 bits per heavy atom. The Balaban J connectivity index is 1.72. The van der Waals surface area contributed by atoms with Crippen LogP contribution in [0.25, 0.3) is 0 Å². The molecule has 0 fully saturated rings. The summed E-state index contributed by atoms with van der Waals surface area (Å²) in [5.41, 5.74) is 4.28. The summed E-state index contributed by atoms with van der Waals surface area (Å²) in [5, 5.41) is 10.6. The van der Waals surface area contributed by atoms with Crippen LogP contribution in [-0.4, -0.2) is 33.8 Å². The molecule has 3 aromatic rings. The van der Waals surface area contributed by atoms with Gasteiger partial charge in [-0.15, -0.1) is 0 Å². The molecule has 0 saturated heterocycles. The van der Waals surface area contributed by atoms with E-state index in [2.05, 4.69) is 63.7 Å². The molecule has 7 heteroatoms. The van der Waals surface area contributed by atoms with E-state index in [1.54, 1.807) is 4.68 Å². The third-order valence-electron chi connectivity index (χ3n) is 5.41. The van der Waals surface area contributed by atoms with Crippen LogP contribution in [-0.2, 0) is 4.79 Å². The van der Waals surface area contributed by atoms with Gasteiger partial charge in [-0.3, -0.25) is 4.79 Å². The first-order chi connectivity index (χ1) is 14.6. The van der Waals surface area contributed by atoms with E-state index in [0.717, 1.165) is 35.7 Å². The van der Waals surface area contributed by atoms with E-state index in [1.165, 1.54) is 6.33 Å². The molecule has 0 unspecified atom stereocenters. The maximum atomic E-state index is 13.3. The third-order valence-corrected chi connectivity index (χ3v) is 5.41.